The summed E-state index contributed by atoms with van der Waals surface area (Å²) in [5.41, 5.74) is 0. The molecule has 2 rings (SSSR count). The molecule has 0 amide bonds. The van der Waals surface area contributed by atoms with E-state index in [0.717, 1.165) is 50.6 Å². The van der Waals surface area contributed by atoms with Crippen LogP contribution in [0.2, 0.25) is 0 Å². The average Bonchev–Trinajstić information content (AvgIpc) is 2.61. The summed E-state index contributed by atoms with van der Waals surface area (Å²) in [7, 11) is 2.18. The number of nitrogens with zero attached hydrogens (tertiary/aromatic N) is 2. The fourth-order valence-corrected chi connectivity index (χ4v) is 3.82. The third-order valence-corrected chi connectivity index (χ3v) is 5.43. The lowest BCUT2D eigenvalue weighted by molar-refractivity contribution is 0.0625. The van der Waals surface area contributed by atoms with E-state index in [1.54, 1.807) is 0 Å². The predicted octanol–water partition coefficient (Wildman–Crippen LogP) is 4.29. The summed E-state index contributed by atoms with van der Waals surface area (Å²) in [5.74, 6) is 2.84. The van der Waals surface area contributed by atoms with Crippen molar-refractivity contribution in [3.63, 3.8) is 0 Å². The molecule has 1 saturated heterocycles. The predicted molar refractivity (Wildman–Crippen MR) is 113 cm³/mol. The Bertz CT molecular complexity index is 340. The quantitative estimate of drug-likeness (QED) is 0.357. The molecule has 1 aliphatic heterocycles. The number of aliphatic imine (C=N–C) groups is 1. The van der Waals surface area contributed by atoms with Crippen molar-refractivity contribution >= 4 is 29.9 Å². The number of halogens is 1. The van der Waals surface area contributed by atoms with Gasteiger partial charge in [0.25, 0.3) is 0 Å². The molecule has 0 aromatic heterocycles. The van der Waals surface area contributed by atoms with Gasteiger partial charge in [0.1, 0.15) is 0 Å². The fraction of sp³-hybridized carbons (Fsp3) is 0.947. The van der Waals surface area contributed by atoms with Crippen LogP contribution in [-0.4, -0.2) is 50.8 Å². The maximum atomic E-state index is 5.45. The summed E-state index contributed by atoms with van der Waals surface area (Å²) in [4.78, 5) is 7.20. The first-order valence-electron chi connectivity index (χ1n) is 9.86. The van der Waals surface area contributed by atoms with E-state index in [9.17, 15) is 0 Å². The van der Waals surface area contributed by atoms with Crippen LogP contribution in [0.25, 0.3) is 0 Å². The highest BCUT2D eigenvalue weighted by molar-refractivity contribution is 14.0. The number of ether oxygens (including phenoxy) is 1. The summed E-state index contributed by atoms with van der Waals surface area (Å²) in [6.45, 7) is 7.08. The maximum absolute atomic E-state index is 5.45. The first-order chi connectivity index (χ1) is 11.3. The van der Waals surface area contributed by atoms with Gasteiger partial charge >= 0.3 is 0 Å². The van der Waals surface area contributed by atoms with Gasteiger partial charge in [-0.3, -0.25) is 4.99 Å². The molecule has 0 aromatic carbocycles. The molecule has 2 fully saturated rings. The molecule has 0 unspecified atom stereocenters. The molecule has 142 valence electrons. The van der Waals surface area contributed by atoms with Crippen molar-refractivity contribution in [2.24, 2.45) is 16.8 Å². The zero-order chi connectivity index (χ0) is 16.3. The lowest BCUT2D eigenvalue weighted by Gasteiger charge is -2.27. The van der Waals surface area contributed by atoms with E-state index in [2.05, 4.69) is 24.2 Å². The first kappa shape index (κ1) is 22.0. The lowest BCUT2D eigenvalue weighted by atomic mass is 9.87. The van der Waals surface area contributed by atoms with Gasteiger partial charge in [0.2, 0.25) is 0 Å². The average molecular weight is 451 g/mol. The molecule has 1 N–H and O–H groups in total. The minimum atomic E-state index is 0. The van der Waals surface area contributed by atoms with Gasteiger partial charge in [-0.2, -0.15) is 0 Å². The van der Waals surface area contributed by atoms with Crippen LogP contribution in [0, 0.1) is 11.8 Å². The van der Waals surface area contributed by atoms with Crippen LogP contribution < -0.4 is 5.32 Å². The molecule has 2 aliphatic rings. The van der Waals surface area contributed by atoms with Crippen LogP contribution in [0.5, 0.6) is 0 Å². The fourth-order valence-electron chi connectivity index (χ4n) is 3.82. The Morgan fingerprint density at radius 3 is 2.38 bits per heavy atom. The zero-order valence-electron chi connectivity index (χ0n) is 15.8. The smallest absolute Gasteiger partial charge is 0.193 e. The molecule has 24 heavy (non-hydrogen) atoms. The van der Waals surface area contributed by atoms with Crippen molar-refractivity contribution in [2.45, 2.75) is 64.7 Å². The second-order valence-corrected chi connectivity index (χ2v) is 7.29. The molecule has 0 aromatic rings. The number of rotatable bonds is 7. The van der Waals surface area contributed by atoms with Gasteiger partial charge in [-0.05, 0) is 44.4 Å². The van der Waals surface area contributed by atoms with Crippen molar-refractivity contribution in [3.8, 4) is 0 Å². The van der Waals surface area contributed by atoms with Crippen molar-refractivity contribution in [1.82, 2.24) is 10.2 Å². The standard InChI is InChI=1S/C19H37N3O.HI/c1-3-20-19(21-13-9-17-7-5-4-6-8-17)22(2)14-10-18-11-15-23-16-12-18;/h17-18H,3-16H2,1-2H3,(H,20,21);1H. The largest absolute Gasteiger partial charge is 0.381 e. The van der Waals surface area contributed by atoms with Gasteiger partial charge < -0.3 is 15.0 Å². The van der Waals surface area contributed by atoms with Crippen LogP contribution in [0.4, 0.5) is 0 Å². The van der Waals surface area contributed by atoms with Crippen molar-refractivity contribution in [1.29, 1.82) is 0 Å². The molecule has 1 aliphatic carbocycles. The topological polar surface area (TPSA) is 36.9 Å². The van der Waals surface area contributed by atoms with E-state index in [1.165, 1.54) is 57.8 Å². The molecular weight excluding hydrogens is 413 g/mol. The van der Waals surface area contributed by atoms with Gasteiger partial charge in [0.15, 0.2) is 5.96 Å². The highest BCUT2D eigenvalue weighted by atomic mass is 127. The van der Waals surface area contributed by atoms with E-state index in [4.69, 9.17) is 9.73 Å². The van der Waals surface area contributed by atoms with Crippen molar-refractivity contribution in [2.75, 3.05) is 39.9 Å². The van der Waals surface area contributed by atoms with Gasteiger partial charge in [-0.25, -0.2) is 0 Å². The number of guanidine groups is 1. The Morgan fingerprint density at radius 1 is 1.04 bits per heavy atom. The SMILES string of the molecule is CCNC(=NCCC1CCCCC1)N(C)CCC1CCOCC1.I. The van der Waals surface area contributed by atoms with Crippen LogP contribution >= 0.6 is 24.0 Å². The summed E-state index contributed by atoms with van der Waals surface area (Å²) < 4.78 is 5.45. The molecule has 4 nitrogen and oxygen atoms in total. The monoisotopic (exact) mass is 451 g/mol. The maximum Gasteiger partial charge on any atom is 0.193 e. The molecule has 0 atom stereocenters. The third-order valence-electron chi connectivity index (χ3n) is 5.43. The second-order valence-electron chi connectivity index (χ2n) is 7.29. The van der Waals surface area contributed by atoms with E-state index in [-0.39, 0.29) is 24.0 Å². The van der Waals surface area contributed by atoms with Crippen LogP contribution in [0.15, 0.2) is 4.99 Å². The van der Waals surface area contributed by atoms with E-state index >= 15 is 0 Å². The lowest BCUT2D eigenvalue weighted by Crippen LogP contribution is -2.40. The normalized spacial score (nSPS) is 20.5. The van der Waals surface area contributed by atoms with Crippen LogP contribution in [0.3, 0.4) is 0 Å². The van der Waals surface area contributed by atoms with Crippen LogP contribution in [-0.2, 0) is 4.74 Å². The van der Waals surface area contributed by atoms with Gasteiger partial charge in [-0.15, -0.1) is 24.0 Å². The summed E-state index contributed by atoms with van der Waals surface area (Å²) in [5, 5.41) is 3.46. The van der Waals surface area contributed by atoms with Crippen molar-refractivity contribution in [3.05, 3.63) is 0 Å². The Labute approximate surface area is 166 Å². The molecule has 1 heterocycles. The summed E-state index contributed by atoms with van der Waals surface area (Å²) >= 11 is 0. The number of nitrogens with one attached hydrogen (secondary N) is 1. The van der Waals surface area contributed by atoms with Crippen LogP contribution in [0.1, 0.15) is 64.7 Å². The Morgan fingerprint density at radius 2 is 1.71 bits per heavy atom. The second kappa shape index (κ2) is 13.2. The van der Waals surface area contributed by atoms with Gasteiger partial charge in [0.05, 0.1) is 0 Å². The highest BCUT2D eigenvalue weighted by Crippen LogP contribution is 2.26. The van der Waals surface area contributed by atoms with Gasteiger partial charge in [0, 0.05) is 39.9 Å². The molecule has 0 spiro atoms. The minimum Gasteiger partial charge on any atom is -0.381 e. The molecular formula is C19H38IN3O. The highest BCUT2D eigenvalue weighted by Gasteiger charge is 2.16. The van der Waals surface area contributed by atoms with E-state index in [1.807, 2.05) is 0 Å². The van der Waals surface area contributed by atoms with E-state index < -0.39 is 0 Å². The first-order valence-corrected chi connectivity index (χ1v) is 9.86. The Kier molecular flexibility index (Phi) is 12.1. The molecule has 1 saturated carbocycles. The Hall–Kier alpha value is -0.0400. The third kappa shape index (κ3) is 8.37. The van der Waals surface area contributed by atoms with Gasteiger partial charge in [-0.1, -0.05) is 32.1 Å². The summed E-state index contributed by atoms with van der Waals surface area (Å²) in [6, 6.07) is 0. The Balaban J connectivity index is 0.00000288. The summed E-state index contributed by atoms with van der Waals surface area (Å²) in [6.07, 6.45) is 12.1. The zero-order valence-corrected chi connectivity index (χ0v) is 18.1. The van der Waals surface area contributed by atoms with Crippen molar-refractivity contribution < 1.29 is 4.74 Å². The minimum absolute atomic E-state index is 0. The molecule has 5 heteroatoms. The molecule has 0 bridgehead atoms. The van der Waals surface area contributed by atoms with E-state index in [0.29, 0.717) is 0 Å². The number of hydrogen-bond donors (Lipinski definition) is 1. The molecule has 0 radical (unpaired) electrons. The number of hydrogen-bond acceptors (Lipinski definition) is 2.